The van der Waals surface area contributed by atoms with Crippen molar-refractivity contribution in [1.29, 1.82) is 0 Å². The van der Waals surface area contributed by atoms with Gasteiger partial charge < -0.3 is 5.32 Å². The van der Waals surface area contributed by atoms with Gasteiger partial charge in [0.15, 0.2) is 5.65 Å². The maximum atomic E-state index is 11.6. The van der Waals surface area contributed by atoms with E-state index in [-0.39, 0.29) is 11.9 Å². The zero-order valence-corrected chi connectivity index (χ0v) is 8.64. The van der Waals surface area contributed by atoms with E-state index in [1.54, 1.807) is 29.0 Å². The lowest BCUT2D eigenvalue weighted by molar-refractivity contribution is 0.0938. The van der Waals surface area contributed by atoms with Gasteiger partial charge in [0.25, 0.3) is 5.91 Å². The number of imidazole rings is 1. The zero-order chi connectivity index (χ0) is 10.8. The molecule has 0 aliphatic carbocycles. The molecule has 5 nitrogen and oxygen atoms in total. The number of carbonyl (C=O) groups excluding carboxylic acids is 1. The minimum Gasteiger partial charge on any atom is -0.348 e. The Labute approximate surface area is 87.1 Å². The molecular formula is C10H12N4O. The van der Waals surface area contributed by atoms with Crippen LogP contribution in [0.1, 0.15) is 24.3 Å². The second kappa shape index (κ2) is 3.68. The van der Waals surface area contributed by atoms with E-state index >= 15 is 0 Å². The zero-order valence-electron chi connectivity index (χ0n) is 8.64. The second-order valence-corrected chi connectivity index (χ2v) is 3.58. The SMILES string of the molecule is CC(C)NC(=O)c1cn2ncccc2n1. The Balaban J connectivity index is 2.32. The van der Waals surface area contributed by atoms with Crippen molar-refractivity contribution in [3.8, 4) is 0 Å². The Morgan fingerprint density at radius 1 is 1.53 bits per heavy atom. The first-order valence-corrected chi connectivity index (χ1v) is 4.78. The molecule has 0 atom stereocenters. The van der Waals surface area contributed by atoms with Crippen LogP contribution >= 0.6 is 0 Å². The van der Waals surface area contributed by atoms with E-state index < -0.39 is 0 Å². The van der Waals surface area contributed by atoms with E-state index in [1.165, 1.54) is 0 Å². The number of rotatable bonds is 2. The summed E-state index contributed by atoms with van der Waals surface area (Å²) in [5.41, 5.74) is 1.06. The number of nitrogens with zero attached hydrogens (tertiary/aromatic N) is 3. The fourth-order valence-electron chi connectivity index (χ4n) is 1.28. The second-order valence-electron chi connectivity index (χ2n) is 3.58. The highest BCUT2D eigenvalue weighted by molar-refractivity contribution is 5.92. The van der Waals surface area contributed by atoms with Gasteiger partial charge in [-0.25, -0.2) is 9.50 Å². The van der Waals surface area contributed by atoms with Gasteiger partial charge in [-0.15, -0.1) is 0 Å². The van der Waals surface area contributed by atoms with E-state index in [0.29, 0.717) is 11.3 Å². The summed E-state index contributed by atoms with van der Waals surface area (Å²) < 4.78 is 1.58. The van der Waals surface area contributed by atoms with Gasteiger partial charge in [0, 0.05) is 12.2 Å². The molecule has 0 unspecified atom stereocenters. The minimum absolute atomic E-state index is 0.107. The summed E-state index contributed by atoms with van der Waals surface area (Å²) in [5, 5.41) is 6.82. The molecule has 1 N–H and O–H groups in total. The number of carbonyl (C=O) groups is 1. The molecule has 0 radical (unpaired) electrons. The highest BCUT2D eigenvalue weighted by atomic mass is 16.1. The summed E-state index contributed by atoms with van der Waals surface area (Å²) in [5.74, 6) is -0.171. The van der Waals surface area contributed by atoms with Crippen LogP contribution in [0.2, 0.25) is 0 Å². The molecule has 1 amide bonds. The topological polar surface area (TPSA) is 59.3 Å². The molecule has 0 saturated heterocycles. The van der Waals surface area contributed by atoms with Gasteiger partial charge in [-0.3, -0.25) is 4.79 Å². The lowest BCUT2D eigenvalue weighted by Gasteiger charge is -2.04. The van der Waals surface area contributed by atoms with Gasteiger partial charge in [0.05, 0.1) is 6.20 Å². The van der Waals surface area contributed by atoms with Crippen LogP contribution in [0.15, 0.2) is 24.5 Å². The van der Waals surface area contributed by atoms with Crippen LogP contribution in [0, 0.1) is 0 Å². The van der Waals surface area contributed by atoms with Crippen molar-refractivity contribution in [2.75, 3.05) is 0 Å². The van der Waals surface area contributed by atoms with E-state index in [0.717, 1.165) is 0 Å². The number of hydrogen-bond acceptors (Lipinski definition) is 3. The summed E-state index contributed by atoms with van der Waals surface area (Å²) >= 11 is 0. The van der Waals surface area contributed by atoms with Crippen molar-refractivity contribution >= 4 is 11.6 Å². The first kappa shape index (κ1) is 9.64. The van der Waals surface area contributed by atoms with Crippen molar-refractivity contribution < 1.29 is 4.79 Å². The van der Waals surface area contributed by atoms with Gasteiger partial charge >= 0.3 is 0 Å². The third kappa shape index (κ3) is 1.96. The quantitative estimate of drug-likeness (QED) is 0.789. The Kier molecular flexibility index (Phi) is 2.37. The summed E-state index contributed by atoms with van der Waals surface area (Å²) in [7, 11) is 0. The molecule has 5 heteroatoms. The molecule has 0 fully saturated rings. The van der Waals surface area contributed by atoms with Crippen LogP contribution in [-0.2, 0) is 0 Å². The van der Waals surface area contributed by atoms with Gasteiger partial charge in [0.2, 0.25) is 0 Å². The van der Waals surface area contributed by atoms with Crippen LogP contribution < -0.4 is 5.32 Å². The van der Waals surface area contributed by atoms with Gasteiger partial charge in [0.1, 0.15) is 5.69 Å². The normalized spacial score (nSPS) is 10.9. The van der Waals surface area contributed by atoms with Crippen LogP contribution in [-0.4, -0.2) is 26.5 Å². The fraction of sp³-hybridized carbons (Fsp3) is 0.300. The molecule has 2 rings (SSSR count). The molecular weight excluding hydrogens is 192 g/mol. The van der Waals surface area contributed by atoms with Crippen molar-refractivity contribution in [2.24, 2.45) is 0 Å². The molecule has 0 saturated carbocycles. The number of aromatic nitrogens is 3. The maximum absolute atomic E-state index is 11.6. The lowest BCUT2D eigenvalue weighted by atomic mass is 10.3. The molecule has 0 aliphatic heterocycles. The maximum Gasteiger partial charge on any atom is 0.271 e. The highest BCUT2D eigenvalue weighted by Gasteiger charge is 2.11. The van der Waals surface area contributed by atoms with E-state index in [9.17, 15) is 4.79 Å². The third-order valence-electron chi connectivity index (χ3n) is 1.89. The lowest BCUT2D eigenvalue weighted by Crippen LogP contribution is -2.30. The summed E-state index contributed by atoms with van der Waals surface area (Å²) in [6.45, 7) is 3.82. The van der Waals surface area contributed by atoms with E-state index in [2.05, 4.69) is 15.4 Å². The molecule has 0 aliphatic rings. The highest BCUT2D eigenvalue weighted by Crippen LogP contribution is 2.02. The Hall–Kier alpha value is -1.91. The molecule has 2 aromatic heterocycles. The van der Waals surface area contributed by atoms with Gasteiger partial charge in [-0.1, -0.05) is 0 Å². The van der Waals surface area contributed by atoms with Crippen LogP contribution in [0.4, 0.5) is 0 Å². The Morgan fingerprint density at radius 3 is 3.00 bits per heavy atom. The van der Waals surface area contributed by atoms with Crippen LogP contribution in [0.3, 0.4) is 0 Å². The summed E-state index contributed by atoms with van der Waals surface area (Å²) in [4.78, 5) is 15.8. The minimum atomic E-state index is -0.171. The molecule has 15 heavy (non-hydrogen) atoms. The fourth-order valence-corrected chi connectivity index (χ4v) is 1.28. The number of hydrogen-bond donors (Lipinski definition) is 1. The monoisotopic (exact) mass is 204 g/mol. The number of nitrogens with one attached hydrogen (secondary N) is 1. The smallest absolute Gasteiger partial charge is 0.271 e. The summed E-state index contributed by atoms with van der Waals surface area (Å²) in [6.07, 6.45) is 3.27. The molecule has 78 valence electrons. The standard InChI is InChI=1S/C10H12N4O/c1-7(2)12-10(15)8-6-14-9(13-8)4-3-5-11-14/h3-7H,1-2H3,(H,12,15). The Morgan fingerprint density at radius 2 is 2.33 bits per heavy atom. The van der Waals surface area contributed by atoms with Gasteiger partial charge in [-0.05, 0) is 26.0 Å². The third-order valence-corrected chi connectivity index (χ3v) is 1.89. The molecule has 0 spiro atoms. The summed E-state index contributed by atoms with van der Waals surface area (Å²) in [6, 6.07) is 3.70. The van der Waals surface area contributed by atoms with Crippen molar-refractivity contribution in [2.45, 2.75) is 19.9 Å². The average molecular weight is 204 g/mol. The molecule has 2 aromatic rings. The first-order valence-electron chi connectivity index (χ1n) is 4.78. The molecule has 2 heterocycles. The number of amides is 1. The molecule has 0 bridgehead atoms. The van der Waals surface area contributed by atoms with Crippen molar-refractivity contribution in [3.05, 3.63) is 30.2 Å². The predicted molar refractivity (Wildman–Crippen MR) is 55.6 cm³/mol. The van der Waals surface area contributed by atoms with Crippen LogP contribution in [0.25, 0.3) is 5.65 Å². The number of fused-ring (bicyclic) bond motifs is 1. The largest absolute Gasteiger partial charge is 0.348 e. The molecule has 0 aromatic carbocycles. The Bertz CT molecular complexity index is 456. The first-order chi connectivity index (χ1) is 7.16. The van der Waals surface area contributed by atoms with Crippen molar-refractivity contribution in [1.82, 2.24) is 19.9 Å². The van der Waals surface area contributed by atoms with E-state index in [1.807, 2.05) is 13.8 Å². The van der Waals surface area contributed by atoms with Crippen molar-refractivity contribution in [3.63, 3.8) is 0 Å². The predicted octanol–water partition coefficient (Wildman–Crippen LogP) is 0.867. The van der Waals surface area contributed by atoms with E-state index in [4.69, 9.17) is 0 Å². The average Bonchev–Trinajstić information content (AvgIpc) is 2.59. The van der Waals surface area contributed by atoms with Gasteiger partial charge in [-0.2, -0.15) is 5.10 Å². The van der Waals surface area contributed by atoms with Crippen LogP contribution in [0.5, 0.6) is 0 Å².